The summed E-state index contributed by atoms with van der Waals surface area (Å²) in [4.78, 5) is 24.0. The van der Waals surface area contributed by atoms with Crippen molar-refractivity contribution in [1.82, 2.24) is 9.97 Å². The van der Waals surface area contributed by atoms with Crippen molar-refractivity contribution < 1.29 is 9.21 Å². The van der Waals surface area contributed by atoms with Crippen molar-refractivity contribution in [2.24, 2.45) is 0 Å². The zero-order chi connectivity index (χ0) is 17.1. The molecule has 0 spiro atoms. The predicted octanol–water partition coefficient (Wildman–Crippen LogP) is 3.72. The predicted molar refractivity (Wildman–Crippen MR) is 94.1 cm³/mol. The highest BCUT2D eigenvalue weighted by Gasteiger charge is 2.32. The van der Waals surface area contributed by atoms with Gasteiger partial charge in [-0.15, -0.1) is 0 Å². The molecule has 1 aliphatic carbocycles. The van der Waals surface area contributed by atoms with Gasteiger partial charge in [0.1, 0.15) is 11.6 Å². The van der Waals surface area contributed by atoms with Gasteiger partial charge in [0.15, 0.2) is 0 Å². The van der Waals surface area contributed by atoms with Crippen molar-refractivity contribution >= 4 is 11.7 Å². The maximum atomic E-state index is 13.4. The van der Waals surface area contributed by atoms with Gasteiger partial charge in [-0.1, -0.05) is 12.1 Å². The van der Waals surface area contributed by atoms with E-state index in [0.29, 0.717) is 12.4 Å². The number of pyridine rings is 2. The summed E-state index contributed by atoms with van der Waals surface area (Å²) in [5.41, 5.74) is 2.07. The molecule has 0 aromatic carbocycles. The number of aromatic nitrogens is 2. The van der Waals surface area contributed by atoms with E-state index in [1.807, 2.05) is 36.4 Å². The first-order chi connectivity index (χ1) is 12.3. The van der Waals surface area contributed by atoms with Gasteiger partial charge in [0.05, 0.1) is 24.4 Å². The fraction of sp³-hybridized carbons (Fsp3) is 0.250. The number of aryl methyl sites for hydroxylation is 1. The summed E-state index contributed by atoms with van der Waals surface area (Å²) in [7, 11) is 0. The maximum absolute atomic E-state index is 13.4. The van der Waals surface area contributed by atoms with Crippen LogP contribution in [0.1, 0.15) is 35.8 Å². The van der Waals surface area contributed by atoms with Crippen molar-refractivity contribution in [3.8, 4) is 0 Å². The Balaban J connectivity index is 1.69. The zero-order valence-electron chi connectivity index (χ0n) is 13.8. The Morgan fingerprint density at radius 2 is 2.04 bits per heavy atom. The Morgan fingerprint density at radius 1 is 1.12 bits per heavy atom. The molecule has 1 atom stereocenters. The average Bonchev–Trinajstić information content (AvgIpc) is 3.19. The molecule has 0 unspecified atom stereocenters. The molecule has 3 heterocycles. The second-order valence-corrected chi connectivity index (χ2v) is 6.18. The molecule has 4 rings (SSSR count). The van der Waals surface area contributed by atoms with E-state index in [1.54, 1.807) is 23.6 Å². The molecule has 3 aromatic heterocycles. The lowest BCUT2D eigenvalue weighted by atomic mass is 9.85. The molecule has 5 heteroatoms. The van der Waals surface area contributed by atoms with Crippen LogP contribution in [0.5, 0.6) is 0 Å². The van der Waals surface area contributed by atoms with Crippen LogP contribution in [0.3, 0.4) is 0 Å². The number of hydrogen-bond acceptors (Lipinski definition) is 4. The first-order valence-electron chi connectivity index (χ1n) is 8.51. The second-order valence-electron chi connectivity index (χ2n) is 6.18. The molecule has 0 aliphatic heterocycles. The van der Waals surface area contributed by atoms with Crippen LogP contribution in [-0.2, 0) is 17.8 Å². The van der Waals surface area contributed by atoms with E-state index in [-0.39, 0.29) is 11.8 Å². The van der Waals surface area contributed by atoms with E-state index < -0.39 is 0 Å². The topological polar surface area (TPSA) is 59.2 Å². The van der Waals surface area contributed by atoms with E-state index in [0.717, 1.165) is 30.7 Å². The monoisotopic (exact) mass is 333 g/mol. The number of furan rings is 1. The van der Waals surface area contributed by atoms with Crippen molar-refractivity contribution in [2.75, 3.05) is 4.90 Å². The Morgan fingerprint density at radius 3 is 2.84 bits per heavy atom. The van der Waals surface area contributed by atoms with Crippen molar-refractivity contribution in [2.45, 2.75) is 31.7 Å². The van der Waals surface area contributed by atoms with Gasteiger partial charge in [-0.2, -0.15) is 0 Å². The van der Waals surface area contributed by atoms with E-state index in [1.165, 1.54) is 5.56 Å². The molecule has 0 saturated carbocycles. The maximum Gasteiger partial charge on any atom is 0.237 e. The van der Waals surface area contributed by atoms with Gasteiger partial charge >= 0.3 is 0 Å². The van der Waals surface area contributed by atoms with E-state index >= 15 is 0 Å². The molecule has 1 amide bonds. The summed E-state index contributed by atoms with van der Waals surface area (Å²) in [6.07, 6.45) is 7.87. The van der Waals surface area contributed by atoms with Crippen LogP contribution in [0.2, 0.25) is 0 Å². The van der Waals surface area contributed by atoms with E-state index in [4.69, 9.17) is 4.42 Å². The SMILES string of the molecule is O=C([C@H]1CCCc2cccnc21)N(Cc1ccco1)c1ccccn1. The molecule has 0 N–H and O–H groups in total. The minimum atomic E-state index is -0.234. The highest BCUT2D eigenvalue weighted by atomic mass is 16.3. The summed E-state index contributed by atoms with van der Waals surface area (Å²) in [5.74, 6) is 1.15. The molecule has 5 nitrogen and oxygen atoms in total. The van der Waals surface area contributed by atoms with Gasteiger partial charge in [-0.05, 0) is 55.2 Å². The highest BCUT2D eigenvalue weighted by molar-refractivity contribution is 5.97. The van der Waals surface area contributed by atoms with Crippen molar-refractivity contribution in [3.63, 3.8) is 0 Å². The Kier molecular flexibility index (Phi) is 4.29. The third kappa shape index (κ3) is 3.18. The lowest BCUT2D eigenvalue weighted by molar-refractivity contribution is -0.120. The normalized spacial score (nSPS) is 16.2. The fourth-order valence-corrected chi connectivity index (χ4v) is 3.38. The number of nitrogens with zero attached hydrogens (tertiary/aromatic N) is 3. The first-order valence-corrected chi connectivity index (χ1v) is 8.51. The minimum Gasteiger partial charge on any atom is -0.467 e. The van der Waals surface area contributed by atoms with Crippen molar-refractivity contribution in [3.05, 3.63) is 78.1 Å². The molecule has 25 heavy (non-hydrogen) atoms. The van der Waals surface area contributed by atoms with Gasteiger partial charge in [-0.3, -0.25) is 14.7 Å². The summed E-state index contributed by atoms with van der Waals surface area (Å²) in [6.45, 7) is 0.363. The molecule has 0 radical (unpaired) electrons. The molecule has 0 fully saturated rings. The molecular formula is C20H19N3O2. The summed E-state index contributed by atoms with van der Waals surface area (Å²) >= 11 is 0. The third-order valence-corrected chi connectivity index (χ3v) is 4.58. The Hall–Kier alpha value is -2.95. The van der Waals surface area contributed by atoms with Crippen LogP contribution in [0.4, 0.5) is 5.82 Å². The van der Waals surface area contributed by atoms with Crippen LogP contribution in [0.15, 0.2) is 65.5 Å². The summed E-state index contributed by atoms with van der Waals surface area (Å²) in [5, 5.41) is 0. The highest BCUT2D eigenvalue weighted by Crippen LogP contribution is 2.32. The fourth-order valence-electron chi connectivity index (χ4n) is 3.38. The smallest absolute Gasteiger partial charge is 0.237 e. The van der Waals surface area contributed by atoms with Crippen LogP contribution in [0.25, 0.3) is 0 Å². The number of anilines is 1. The van der Waals surface area contributed by atoms with Crippen LogP contribution in [0, 0.1) is 0 Å². The second kappa shape index (κ2) is 6.89. The van der Waals surface area contributed by atoms with E-state index in [2.05, 4.69) is 16.0 Å². The Labute approximate surface area is 146 Å². The van der Waals surface area contributed by atoms with Gasteiger partial charge in [0.2, 0.25) is 5.91 Å². The van der Waals surface area contributed by atoms with Gasteiger partial charge in [0.25, 0.3) is 0 Å². The molecule has 0 bridgehead atoms. The molecular weight excluding hydrogens is 314 g/mol. The summed E-state index contributed by atoms with van der Waals surface area (Å²) in [6, 6.07) is 13.3. The van der Waals surface area contributed by atoms with Gasteiger partial charge in [-0.25, -0.2) is 4.98 Å². The number of carbonyl (C=O) groups is 1. The molecule has 1 aliphatic rings. The number of amides is 1. The standard InChI is InChI=1S/C20H19N3O2/c24-20(17-9-3-6-15-7-4-12-22-19(15)17)23(14-16-8-5-13-25-16)18-10-1-2-11-21-18/h1-2,4-5,7-8,10-13,17H,3,6,9,14H2/t17-/m0/s1. The third-order valence-electron chi connectivity index (χ3n) is 4.58. The molecule has 126 valence electrons. The number of fused-ring (bicyclic) bond motifs is 1. The number of rotatable bonds is 4. The van der Waals surface area contributed by atoms with E-state index in [9.17, 15) is 4.79 Å². The average molecular weight is 333 g/mol. The largest absolute Gasteiger partial charge is 0.467 e. The van der Waals surface area contributed by atoms with Crippen LogP contribution in [-0.4, -0.2) is 15.9 Å². The molecule has 0 saturated heterocycles. The first kappa shape index (κ1) is 15.6. The lowest BCUT2D eigenvalue weighted by Gasteiger charge is -2.29. The van der Waals surface area contributed by atoms with Crippen LogP contribution < -0.4 is 4.90 Å². The van der Waals surface area contributed by atoms with Gasteiger partial charge in [0, 0.05) is 12.4 Å². The minimum absolute atomic E-state index is 0.0229. The summed E-state index contributed by atoms with van der Waals surface area (Å²) < 4.78 is 5.46. The van der Waals surface area contributed by atoms with Gasteiger partial charge < -0.3 is 4.42 Å². The van der Waals surface area contributed by atoms with Crippen molar-refractivity contribution in [1.29, 1.82) is 0 Å². The quantitative estimate of drug-likeness (QED) is 0.730. The Bertz CT molecular complexity index is 846. The zero-order valence-corrected chi connectivity index (χ0v) is 13.8. The number of carbonyl (C=O) groups excluding carboxylic acids is 1. The number of hydrogen-bond donors (Lipinski definition) is 0. The lowest BCUT2D eigenvalue weighted by Crippen LogP contribution is -2.37. The molecule has 3 aromatic rings. The van der Waals surface area contributed by atoms with Crippen LogP contribution >= 0.6 is 0 Å².